The van der Waals surface area contributed by atoms with Crippen LogP contribution in [0.1, 0.15) is 33.4 Å². The quantitative estimate of drug-likeness (QED) is 0.722. The number of aromatic nitrogens is 2. The van der Waals surface area contributed by atoms with Crippen molar-refractivity contribution in [2.75, 3.05) is 26.9 Å². The van der Waals surface area contributed by atoms with E-state index in [1.807, 2.05) is 51.7 Å². The summed E-state index contributed by atoms with van der Waals surface area (Å²) in [4.78, 5) is 4.11. The number of nitrogens with zero attached hydrogens (tertiary/aromatic N) is 2. The van der Waals surface area contributed by atoms with Crippen LogP contribution in [0.2, 0.25) is 0 Å². The Hall–Kier alpha value is -0.870. The van der Waals surface area contributed by atoms with Gasteiger partial charge in [0.15, 0.2) is 0 Å². The molecule has 0 atom stereocenters. The fourth-order valence-corrected chi connectivity index (χ4v) is 1.01. The third-order valence-corrected chi connectivity index (χ3v) is 1.69. The van der Waals surface area contributed by atoms with Gasteiger partial charge >= 0.3 is 0 Å². The van der Waals surface area contributed by atoms with E-state index < -0.39 is 0 Å². The van der Waals surface area contributed by atoms with E-state index in [-0.39, 0.29) is 0 Å². The average Bonchev–Trinajstić information content (AvgIpc) is 2.80. The lowest BCUT2D eigenvalue weighted by molar-refractivity contribution is 0.0666. The molecule has 0 N–H and O–H groups in total. The summed E-state index contributed by atoms with van der Waals surface area (Å²) < 4.78 is 12.2. The maximum atomic E-state index is 5.31. The number of aryl methyl sites for hydroxylation is 1. The molecule has 1 aromatic rings. The van der Waals surface area contributed by atoms with Gasteiger partial charge < -0.3 is 14.0 Å². The second-order valence-corrected chi connectivity index (χ2v) is 2.86. The monoisotopic (exact) mass is 244 g/mol. The smallest absolute Gasteiger partial charge is 0.0950 e. The molecule has 0 fully saturated rings. The number of hydrogen-bond donors (Lipinski definition) is 0. The van der Waals surface area contributed by atoms with Crippen LogP contribution >= 0.6 is 0 Å². The number of methoxy groups -OCH3 is 1. The first-order chi connectivity index (χ1) is 8.33. The molecule has 0 saturated heterocycles. The van der Waals surface area contributed by atoms with Gasteiger partial charge in [-0.1, -0.05) is 27.7 Å². The number of ether oxygens (including phenoxy) is 2. The van der Waals surface area contributed by atoms with Crippen molar-refractivity contribution in [2.45, 2.75) is 41.2 Å². The van der Waals surface area contributed by atoms with E-state index in [0.29, 0.717) is 19.8 Å². The van der Waals surface area contributed by atoms with Crippen LogP contribution in [-0.4, -0.2) is 36.5 Å². The van der Waals surface area contributed by atoms with Crippen LogP contribution < -0.4 is 0 Å². The summed E-state index contributed by atoms with van der Waals surface area (Å²) in [5.41, 5.74) is 1.04. The van der Waals surface area contributed by atoms with Gasteiger partial charge in [-0.3, -0.25) is 0 Å². The van der Waals surface area contributed by atoms with E-state index in [0.717, 1.165) is 12.2 Å². The van der Waals surface area contributed by atoms with Gasteiger partial charge in [0.2, 0.25) is 0 Å². The molecule has 0 unspecified atom stereocenters. The summed E-state index contributed by atoms with van der Waals surface area (Å²) in [5.74, 6) is 0. The van der Waals surface area contributed by atoms with Gasteiger partial charge in [-0.2, -0.15) is 0 Å². The van der Waals surface area contributed by atoms with Crippen LogP contribution in [0.15, 0.2) is 12.5 Å². The van der Waals surface area contributed by atoms with Crippen molar-refractivity contribution in [3.63, 3.8) is 0 Å². The van der Waals surface area contributed by atoms with Crippen LogP contribution in [0, 0.1) is 6.92 Å². The molecular weight excluding hydrogens is 216 g/mol. The highest BCUT2D eigenvalue weighted by molar-refractivity contribution is 4.91. The molecule has 0 amide bonds. The predicted octanol–water partition coefficient (Wildman–Crippen LogP) is 2.91. The first-order valence-corrected chi connectivity index (χ1v) is 6.38. The summed E-state index contributed by atoms with van der Waals surface area (Å²) in [6, 6.07) is 0. The molecule has 0 bridgehead atoms. The lowest BCUT2D eigenvalue weighted by atomic mass is 10.5. The fourth-order valence-electron chi connectivity index (χ4n) is 1.01. The second-order valence-electron chi connectivity index (χ2n) is 2.86. The minimum atomic E-state index is 0.656. The summed E-state index contributed by atoms with van der Waals surface area (Å²) in [6.45, 7) is 12.8. The van der Waals surface area contributed by atoms with Crippen molar-refractivity contribution in [1.82, 2.24) is 9.55 Å². The third kappa shape index (κ3) is 11.4. The molecule has 0 spiro atoms. The minimum absolute atomic E-state index is 0.656. The molecule has 102 valence electrons. The zero-order chi connectivity index (χ0) is 13.5. The molecule has 1 rings (SSSR count). The third-order valence-electron chi connectivity index (χ3n) is 1.69. The summed E-state index contributed by atoms with van der Waals surface area (Å²) >= 11 is 0. The van der Waals surface area contributed by atoms with Crippen LogP contribution in [0.5, 0.6) is 0 Å². The zero-order valence-electron chi connectivity index (χ0n) is 12.2. The molecule has 0 aliphatic heterocycles. The highest BCUT2D eigenvalue weighted by Gasteiger charge is 1.93. The Kier molecular flexibility index (Phi) is 16.5. The molecule has 4 nitrogen and oxygen atoms in total. The largest absolute Gasteiger partial charge is 0.382 e. The molecule has 0 aliphatic rings. The van der Waals surface area contributed by atoms with E-state index >= 15 is 0 Å². The number of rotatable bonds is 6. The molecule has 0 aromatic carbocycles. The highest BCUT2D eigenvalue weighted by atomic mass is 16.5. The van der Waals surface area contributed by atoms with Gasteiger partial charge in [-0.25, -0.2) is 4.98 Å². The van der Waals surface area contributed by atoms with Crippen molar-refractivity contribution in [3.05, 3.63) is 18.2 Å². The Morgan fingerprint density at radius 3 is 2.24 bits per heavy atom. The normalized spacial score (nSPS) is 8.82. The maximum absolute atomic E-state index is 5.31. The van der Waals surface area contributed by atoms with Crippen molar-refractivity contribution in [1.29, 1.82) is 0 Å². The van der Waals surface area contributed by atoms with Crippen LogP contribution in [-0.2, 0) is 16.0 Å². The first-order valence-electron chi connectivity index (χ1n) is 6.38. The molecule has 1 heterocycles. The molecule has 1 aromatic heterocycles. The van der Waals surface area contributed by atoms with Crippen molar-refractivity contribution < 1.29 is 9.47 Å². The molecule has 0 aliphatic carbocycles. The summed E-state index contributed by atoms with van der Waals surface area (Å²) in [5, 5.41) is 0. The SMILES string of the molecule is CC.CC.COCCOCCn1cnc(C)c1. The van der Waals surface area contributed by atoms with E-state index in [2.05, 4.69) is 4.98 Å². The van der Waals surface area contributed by atoms with Gasteiger partial charge in [0.1, 0.15) is 0 Å². The minimum Gasteiger partial charge on any atom is -0.382 e. The van der Waals surface area contributed by atoms with Gasteiger partial charge in [-0.05, 0) is 6.92 Å². The first kappa shape index (κ1) is 18.5. The Morgan fingerprint density at radius 1 is 1.12 bits per heavy atom. The van der Waals surface area contributed by atoms with Crippen LogP contribution in [0.3, 0.4) is 0 Å². The molecule has 17 heavy (non-hydrogen) atoms. The van der Waals surface area contributed by atoms with Crippen LogP contribution in [0.4, 0.5) is 0 Å². The summed E-state index contributed by atoms with van der Waals surface area (Å²) in [7, 11) is 1.67. The van der Waals surface area contributed by atoms with E-state index in [4.69, 9.17) is 9.47 Å². The standard InChI is InChI=1S/C9H16N2O2.2C2H6/c1-9-7-11(8-10-9)3-4-13-6-5-12-2;2*1-2/h7-8H,3-6H2,1-2H3;2*1-2H3. The Balaban J connectivity index is 0. The van der Waals surface area contributed by atoms with Crippen molar-refractivity contribution in [2.24, 2.45) is 0 Å². The second kappa shape index (κ2) is 15.1. The summed E-state index contributed by atoms with van der Waals surface area (Å²) in [6.07, 6.45) is 3.81. The Bertz CT molecular complexity index is 237. The van der Waals surface area contributed by atoms with Crippen LogP contribution in [0.25, 0.3) is 0 Å². The molecule has 0 saturated carbocycles. The lowest BCUT2D eigenvalue weighted by Crippen LogP contribution is -2.08. The number of imidazole rings is 1. The van der Waals surface area contributed by atoms with Gasteiger partial charge in [0, 0.05) is 19.9 Å². The topological polar surface area (TPSA) is 36.3 Å². The van der Waals surface area contributed by atoms with Gasteiger partial charge in [0.05, 0.1) is 31.8 Å². The molecule has 4 heteroatoms. The van der Waals surface area contributed by atoms with Crippen molar-refractivity contribution in [3.8, 4) is 0 Å². The number of hydrogen-bond acceptors (Lipinski definition) is 3. The Labute approximate surface area is 106 Å². The fraction of sp³-hybridized carbons (Fsp3) is 0.769. The van der Waals surface area contributed by atoms with Gasteiger partial charge in [0.25, 0.3) is 0 Å². The van der Waals surface area contributed by atoms with E-state index in [1.54, 1.807) is 7.11 Å². The van der Waals surface area contributed by atoms with Gasteiger partial charge in [-0.15, -0.1) is 0 Å². The predicted molar refractivity (Wildman–Crippen MR) is 72.4 cm³/mol. The highest BCUT2D eigenvalue weighted by Crippen LogP contribution is 1.93. The maximum Gasteiger partial charge on any atom is 0.0950 e. The lowest BCUT2D eigenvalue weighted by Gasteiger charge is -2.03. The van der Waals surface area contributed by atoms with E-state index in [1.165, 1.54) is 0 Å². The average molecular weight is 244 g/mol. The van der Waals surface area contributed by atoms with E-state index in [9.17, 15) is 0 Å². The van der Waals surface area contributed by atoms with Crippen molar-refractivity contribution >= 4 is 0 Å². The zero-order valence-corrected chi connectivity index (χ0v) is 12.2. The molecular formula is C13H28N2O2. The molecule has 0 radical (unpaired) electrons. The Morgan fingerprint density at radius 2 is 1.76 bits per heavy atom.